The number of benzene rings is 1. The zero-order valence-electron chi connectivity index (χ0n) is 11.4. The number of halogens is 1. The van der Waals surface area contributed by atoms with Crippen LogP contribution in [0.4, 0.5) is 5.69 Å². The summed E-state index contributed by atoms with van der Waals surface area (Å²) in [5.74, 6) is 0.250. The molecule has 0 bridgehead atoms. The quantitative estimate of drug-likeness (QED) is 0.894. The Hall–Kier alpha value is -0.910. The average Bonchev–Trinajstić information content (AvgIpc) is 2.28. The second kappa shape index (κ2) is 7.62. The van der Waals surface area contributed by atoms with Crippen molar-refractivity contribution in [2.45, 2.75) is 31.3 Å². The molecule has 0 fully saturated rings. The third-order valence-electron chi connectivity index (χ3n) is 2.38. The van der Waals surface area contributed by atoms with E-state index in [0.717, 1.165) is 5.56 Å². The zero-order chi connectivity index (χ0) is 13.8. The lowest BCUT2D eigenvalue weighted by atomic mass is 10.2. The molecule has 1 amide bonds. The van der Waals surface area contributed by atoms with Gasteiger partial charge in [-0.3, -0.25) is 9.00 Å². The standard InChI is InChI=1S/C13H20N2O2S.ClH/c1-13(2,3)18(17)9-10-5-4-6-11(7-10)15-12(16)8-14;/h4-7H,8-9,14H2,1-3H3,(H,15,16);1H. The van der Waals surface area contributed by atoms with Crippen molar-refractivity contribution in [2.24, 2.45) is 5.73 Å². The molecular formula is C13H21ClN2O2S. The molecule has 1 aromatic rings. The van der Waals surface area contributed by atoms with Crippen molar-refractivity contribution in [3.8, 4) is 0 Å². The van der Waals surface area contributed by atoms with Gasteiger partial charge in [-0.25, -0.2) is 0 Å². The molecule has 4 nitrogen and oxygen atoms in total. The Labute approximate surface area is 123 Å². The molecule has 0 aliphatic carbocycles. The molecule has 0 spiro atoms. The van der Waals surface area contributed by atoms with Crippen molar-refractivity contribution in [3.63, 3.8) is 0 Å². The fraction of sp³-hybridized carbons (Fsp3) is 0.462. The zero-order valence-corrected chi connectivity index (χ0v) is 13.1. The Morgan fingerprint density at radius 1 is 1.37 bits per heavy atom. The average molecular weight is 305 g/mol. The van der Waals surface area contributed by atoms with Crippen LogP contribution < -0.4 is 11.1 Å². The number of amides is 1. The number of carbonyl (C=O) groups is 1. The first-order valence-corrected chi connectivity index (χ1v) is 7.12. The van der Waals surface area contributed by atoms with Crippen LogP contribution in [0, 0.1) is 0 Å². The molecular weight excluding hydrogens is 284 g/mol. The number of nitrogens with two attached hydrogens (primary N) is 1. The highest BCUT2D eigenvalue weighted by molar-refractivity contribution is 7.85. The topological polar surface area (TPSA) is 72.2 Å². The van der Waals surface area contributed by atoms with Gasteiger partial charge < -0.3 is 11.1 Å². The van der Waals surface area contributed by atoms with E-state index in [2.05, 4.69) is 5.32 Å². The Bertz CT molecular complexity index is 458. The molecule has 0 saturated heterocycles. The summed E-state index contributed by atoms with van der Waals surface area (Å²) in [6.45, 7) is 5.80. The minimum Gasteiger partial charge on any atom is -0.325 e. The summed E-state index contributed by atoms with van der Waals surface area (Å²) < 4.78 is 11.8. The van der Waals surface area contributed by atoms with Gasteiger partial charge in [0.2, 0.25) is 5.91 Å². The molecule has 0 saturated carbocycles. The number of hydrogen-bond acceptors (Lipinski definition) is 3. The first-order valence-electron chi connectivity index (χ1n) is 5.80. The van der Waals surface area contributed by atoms with Crippen LogP contribution in [0.3, 0.4) is 0 Å². The highest BCUT2D eigenvalue weighted by Gasteiger charge is 2.19. The van der Waals surface area contributed by atoms with Gasteiger partial charge in [-0.05, 0) is 38.5 Å². The number of anilines is 1. The fourth-order valence-corrected chi connectivity index (χ4v) is 2.23. The minimum atomic E-state index is -0.948. The SMILES string of the molecule is CC(C)(C)S(=O)Cc1cccc(NC(=O)CN)c1.Cl. The first kappa shape index (κ1) is 18.1. The van der Waals surface area contributed by atoms with Crippen molar-refractivity contribution in [2.75, 3.05) is 11.9 Å². The van der Waals surface area contributed by atoms with E-state index in [1.54, 1.807) is 6.07 Å². The predicted molar refractivity (Wildman–Crippen MR) is 83.0 cm³/mol. The molecule has 0 aliphatic heterocycles. The van der Waals surface area contributed by atoms with Gasteiger partial charge in [0.1, 0.15) is 0 Å². The van der Waals surface area contributed by atoms with E-state index < -0.39 is 10.8 Å². The summed E-state index contributed by atoms with van der Waals surface area (Å²) in [5, 5.41) is 2.68. The van der Waals surface area contributed by atoms with E-state index >= 15 is 0 Å². The lowest BCUT2D eigenvalue weighted by molar-refractivity contribution is -0.114. The van der Waals surface area contributed by atoms with E-state index in [0.29, 0.717) is 11.4 Å². The number of hydrogen-bond donors (Lipinski definition) is 2. The van der Waals surface area contributed by atoms with Crippen LogP contribution in [0.1, 0.15) is 26.3 Å². The molecule has 6 heteroatoms. The van der Waals surface area contributed by atoms with E-state index in [1.165, 1.54) is 0 Å². The molecule has 108 valence electrons. The molecule has 1 aromatic carbocycles. The predicted octanol–water partition coefficient (Wildman–Crippen LogP) is 2.05. The Balaban J connectivity index is 0.00000324. The Kier molecular flexibility index (Phi) is 7.26. The Morgan fingerprint density at radius 2 is 2.00 bits per heavy atom. The van der Waals surface area contributed by atoms with E-state index in [4.69, 9.17) is 5.73 Å². The maximum absolute atomic E-state index is 12.0. The molecule has 1 rings (SSSR count). The fourth-order valence-electron chi connectivity index (χ4n) is 1.32. The molecule has 3 N–H and O–H groups in total. The van der Waals surface area contributed by atoms with Gasteiger partial charge in [-0.2, -0.15) is 0 Å². The van der Waals surface area contributed by atoms with Crippen LogP contribution in [0.25, 0.3) is 0 Å². The summed E-state index contributed by atoms with van der Waals surface area (Å²) in [4.78, 5) is 11.2. The third kappa shape index (κ3) is 6.18. The van der Waals surface area contributed by atoms with Gasteiger partial charge in [0, 0.05) is 27.0 Å². The minimum absolute atomic E-state index is 0. The van der Waals surface area contributed by atoms with Crippen LogP contribution >= 0.6 is 12.4 Å². The highest BCUT2D eigenvalue weighted by Crippen LogP contribution is 2.18. The van der Waals surface area contributed by atoms with Gasteiger partial charge in [-0.1, -0.05) is 12.1 Å². The van der Waals surface area contributed by atoms with Crippen LogP contribution in [0.15, 0.2) is 24.3 Å². The normalized spacial score (nSPS) is 12.4. The van der Waals surface area contributed by atoms with Crippen LogP contribution in [0.2, 0.25) is 0 Å². The second-order valence-electron chi connectivity index (χ2n) is 5.05. The lowest BCUT2D eigenvalue weighted by Crippen LogP contribution is -2.23. The largest absolute Gasteiger partial charge is 0.325 e. The number of rotatable bonds is 4. The van der Waals surface area contributed by atoms with Gasteiger partial charge in [0.25, 0.3) is 0 Å². The molecule has 19 heavy (non-hydrogen) atoms. The van der Waals surface area contributed by atoms with Crippen molar-refractivity contribution < 1.29 is 9.00 Å². The first-order chi connectivity index (χ1) is 8.32. The number of carbonyl (C=O) groups excluding carboxylic acids is 1. The van der Waals surface area contributed by atoms with Gasteiger partial charge >= 0.3 is 0 Å². The van der Waals surface area contributed by atoms with Crippen molar-refractivity contribution in [1.29, 1.82) is 0 Å². The molecule has 0 aliphatic rings. The molecule has 1 unspecified atom stereocenters. The van der Waals surface area contributed by atoms with Crippen LogP contribution in [-0.2, 0) is 21.3 Å². The molecule has 1 atom stereocenters. The maximum Gasteiger partial charge on any atom is 0.238 e. The third-order valence-corrected chi connectivity index (χ3v) is 4.34. The van der Waals surface area contributed by atoms with Crippen molar-refractivity contribution >= 4 is 34.8 Å². The maximum atomic E-state index is 12.0. The Morgan fingerprint density at radius 3 is 2.53 bits per heavy atom. The molecule has 0 radical (unpaired) electrons. The molecule has 0 aromatic heterocycles. The van der Waals surface area contributed by atoms with Crippen LogP contribution in [0.5, 0.6) is 0 Å². The highest BCUT2D eigenvalue weighted by atomic mass is 35.5. The van der Waals surface area contributed by atoms with E-state index in [1.807, 2.05) is 39.0 Å². The number of nitrogens with one attached hydrogen (secondary N) is 1. The van der Waals surface area contributed by atoms with E-state index in [-0.39, 0.29) is 29.6 Å². The second-order valence-corrected chi connectivity index (χ2v) is 7.26. The van der Waals surface area contributed by atoms with E-state index in [9.17, 15) is 9.00 Å². The van der Waals surface area contributed by atoms with Gasteiger partial charge in [-0.15, -0.1) is 12.4 Å². The van der Waals surface area contributed by atoms with Gasteiger partial charge in [0.15, 0.2) is 0 Å². The monoisotopic (exact) mass is 304 g/mol. The van der Waals surface area contributed by atoms with Gasteiger partial charge in [0.05, 0.1) is 6.54 Å². The lowest BCUT2D eigenvalue weighted by Gasteiger charge is -2.17. The summed E-state index contributed by atoms with van der Waals surface area (Å²) in [6.07, 6.45) is 0. The summed E-state index contributed by atoms with van der Waals surface area (Å²) in [7, 11) is -0.948. The van der Waals surface area contributed by atoms with Crippen LogP contribution in [-0.4, -0.2) is 21.4 Å². The summed E-state index contributed by atoms with van der Waals surface area (Å²) >= 11 is 0. The smallest absolute Gasteiger partial charge is 0.238 e. The summed E-state index contributed by atoms with van der Waals surface area (Å²) in [5.41, 5.74) is 6.87. The van der Waals surface area contributed by atoms with Crippen molar-refractivity contribution in [1.82, 2.24) is 0 Å². The van der Waals surface area contributed by atoms with Crippen molar-refractivity contribution in [3.05, 3.63) is 29.8 Å². The molecule has 0 heterocycles. The summed E-state index contributed by atoms with van der Waals surface area (Å²) in [6, 6.07) is 7.36.